The van der Waals surface area contributed by atoms with E-state index in [1.165, 1.54) is 0 Å². The maximum atomic E-state index is 10.8. The molecule has 0 aromatic carbocycles. The molecule has 3 nitrogen and oxygen atoms in total. The lowest BCUT2D eigenvalue weighted by Crippen LogP contribution is -2.23. The Morgan fingerprint density at radius 2 is 2.08 bits per heavy atom. The Labute approximate surface area is 73.0 Å². The van der Waals surface area contributed by atoms with Gasteiger partial charge in [0.15, 0.2) is 0 Å². The SMILES string of the molecule is C=C(C)C(=O)OCC(O)C(C)C. The van der Waals surface area contributed by atoms with E-state index in [0.29, 0.717) is 5.57 Å². The number of aliphatic hydroxyl groups is 1. The van der Waals surface area contributed by atoms with Gasteiger partial charge in [0.1, 0.15) is 6.61 Å². The third-order valence-electron chi connectivity index (χ3n) is 1.50. The molecule has 0 amide bonds. The minimum Gasteiger partial charge on any atom is -0.460 e. The topological polar surface area (TPSA) is 46.5 Å². The fraction of sp³-hybridized carbons (Fsp3) is 0.667. The maximum Gasteiger partial charge on any atom is 0.333 e. The van der Waals surface area contributed by atoms with Crippen molar-refractivity contribution in [3.05, 3.63) is 12.2 Å². The van der Waals surface area contributed by atoms with Crippen molar-refractivity contribution in [2.24, 2.45) is 5.92 Å². The molecule has 0 aliphatic heterocycles. The number of carbonyl (C=O) groups is 1. The summed E-state index contributed by atoms with van der Waals surface area (Å²) in [7, 11) is 0. The van der Waals surface area contributed by atoms with Gasteiger partial charge < -0.3 is 9.84 Å². The molecule has 12 heavy (non-hydrogen) atoms. The zero-order chi connectivity index (χ0) is 9.72. The number of esters is 1. The van der Waals surface area contributed by atoms with E-state index in [1.807, 2.05) is 13.8 Å². The highest BCUT2D eigenvalue weighted by Gasteiger charge is 2.12. The molecular formula is C9H16O3. The fourth-order valence-corrected chi connectivity index (χ4v) is 0.477. The molecule has 0 heterocycles. The molecule has 70 valence electrons. The van der Waals surface area contributed by atoms with Crippen LogP contribution in [0.2, 0.25) is 0 Å². The molecule has 0 aromatic heterocycles. The predicted molar refractivity (Wildman–Crippen MR) is 46.6 cm³/mol. The van der Waals surface area contributed by atoms with Crippen molar-refractivity contribution in [1.29, 1.82) is 0 Å². The lowest BCUT2D eigenvalue weighted by molar-refractivity contribution is -0.142. The minimum absolute atomic E-state index is 0.0450. The molecule has 0 aromatic rings. The minimum atomic E-state index is -0.590. The summed E-state index contributed by atoms with van der Waals surface area (Å²) in [6.07, 6.45) is -0.590. The summed E-state index contributed by atoms with van der Waals surface area (Å²) in [4.78, 5) is 10.8. The molecule has 0 rings (SSSR count). The smallest absolute Gasteiger partial charge is 0.333 e. The van der Waals surface area contributed by atoms with Crippen molar-refractivity contribution in [2.75, 3.05) is 6.61 Å². The average molecular weight is 172 g/mol. The van der Waals surface area contributed by atoms with Crippen molar-refractivity contribution in [2.45, 2.75) is 26.9 Å². The fourth-order valence-electron chi connectivity index (χ4n) is 0.477. The van der Waals surface area contributed by atoms with Gasteiger partial charge in [0.05, 0.1) is 6.10 Å². The van der Waals surface area contributed by atoms with Crippen molar-refractivity contribution in [3.63, 3.8) is 0 Å². The van der Waals surface area contributed by atoms with Gasteiger partial charge in [0, 0.05) is 5.57 Å². The number of aliphatic hydroxyl groups excluding tert-OH is 1. The number of rotatable bonds is 4. The van der Waals surface area contributed by atoms with E-state index in [1.54, 1.807) is 6.92 Å². The first-order valence-corrected chi connectivity index (χ1v) is 3.95. The first-order chi connectivity index (χ1) is 5.45. The molecular weight excluding hydrogens is 156 g/mol. The summed E-state index contributed by atoms with van der Waals surface area (Å²) in [6, 6.07) is 0. The Morgan fingerprint density at radius 3 is 2.42 bits per heavy atom. The van der Waals surface area contributed by atoms with Crippen molar-refractivity contribution in [3.8, 4) is 0 Å². The number of ether oxygens (including phenoxy) is 1. The van der Waals surface area contributed by atoms with Crippen molar-refractivity contribution < 1.29 is 14.6 Å². The van der Waals surface area contributed by atoms with E-state index in [9.17, 15) is 9.90 Å². The Hall–Kier alpha value is -0.830. The third-order valence-corrected chi connectivity index (χ3v) is 1.50. The zero-order valence-corrected chi connectivity index (χ0v) is 7.83. The van der Waals surface area contributed by atoms with Crippen LogP contribution in [0.1, 0.15) is 20.8 Å². The molecule has 0 bridgehead atoms. The second kappa shape index (κ2) is 4.93. The summed E-state index contributed by atoms with van der Waals surface area (Å²) >= 11 is 0. The highest BCUT2D eigenvalue weighted by atomic mass is 16.5. The molecule has 1 atom stereocenters. The van der Waals surface area contributed by atoms with Crippen LogP contribution in [0.3, 0.4) is 0 Å². The van der Waals surface area contributed by atoms with Gasteiger partial charge in [-0.3, -0.25) is 0 Å². The molecule has 0 radical (unpaired) electrons. The summed E-state index contributed by atoms with van der Waals surface area (Å²) in [5.41, 5.74) is 0.353. The average Bonchev–Trinajstić information content (AvgIpc) is 1.98. The van der Waals surface area contributed by atoms with Crippen LogP contribution in [0.4, 0.5) is 0 Å². The van der Waals surface area contributed by atoms with Gasteiger partial charge in [0.25, 0.3) is 0 Å². The van der Waals surface area contributed by atoms with E-state index < -0.39 is 12.1 Å². The van der Waals surface area contributed by atoms with Gasteiger partial charge >= 0.3 is 5.97 Å². The second-order valence-electron chi connectivity index (χ2n) is 3.19. The molecule has 1 N–H and O–H groups in total. The monoisotopic (exact) mass is 172 g/mol. The largest absolute Gasteiger partial charge is 0.460 e. The first kappa shape index (κ1) is 11.2. The lowest BCUT2D eigenvalue weighted by atomic mass is 10.1. The van der Waals surface area contributed by atoms with E-state index in [0.717, 1.165) is 0 Å². The van der Waals surface area contributed by atoms with Crippen molar-refractivity contribution >= 4 is 5.97 Å². The quantitative estimate of drug-likeness (QED) is 0.510. The Balaban J connectivity index is 3.69. The molecule has 0 spiro atoms. The first-order valence-electron chi connectivity index (χ1n) is 3.95. The van der Waals surface area contributed by atoms with Crippen LogP contribution in [0, 0.1) is 5.92 Å². The molecule has 0 fully saturated rings. The maximum absolute atomic E-state index is 10.8. The van der Waals surface area contributed by atoms with Gasteiger partial charge in [-0.1, -0.05) is 20.4 Å². The summed E-state index contributed by atoms with van der Waals surface area (Å²) in [6.45, 7) is 8.76. The summed E-state index contributed by atoms with van der Waals surface area (Å²) in [5.74, 6) is -0.349. The highest BCUT2D eigenvalue weighted by molar-refractivity contribution is 5.86. The van der Waals surface area contributed by atoms with Gasteiger partial charge in [-0.2, -0.15) is 0 Å². The van der Waals surface area contributed by atoms with E-state index in [4.69, 9.17) is 4.74 Å². The van der Waals surface area contributed by atoms with Crippen molar-refractivity contribution in [1.82, 2.24) is 0 Å². The van der Waals surface area contributed by atoms with Crippen LogP contribution in [-0.2, 0) is 9.53 Å². The van der Waals surface area contributed by atoms with Crippen LogP contribution in [0.25, 0.3) is 0 Å². The predicted octanol–water partition coefficient (Wildman–Crippen LogP) is 1.12. The van der Waals surface area contributed by atoms with Gasteiger partial charge in [-0.15, -0.1) is 0 Å². The van der Waals surface area contributed by atoms with E-state index >= 15 is 0 Å². The third kappa shape index (κ3) is 4.13. The normalized spacial score (nSPS) is 12.8. The van der Waals surface area contributed by atoms with Crippen LogP contribution in [0.15, 0.2) is 12.2 Å². The Bertz CT molecular complexity index is 173. The number of carbonyl (C=O) groups excluding carboxylic acids is 1. The molecule has 0 saturated heterocycles. The molecule has 0 aliphatic carbocycles. The van der Waals surface area contributed by atoms with Crippen LogP contribution in [-0.4, -0.2) is 23.8 Å². The van der Waals surface area contributed by atoms with Crippen LogP contribution < -0.4 is 0 Å². The van der Waals surface area contributed by atoms with Crippen LogP contribution in [0.5, 0.6) is 0 Å². The van der Waals surface area contributed by atoms with Gasteiger partial charge in [0.2, 0.25) is 0 Å². The molecule has 0 aliphatic rings. The van der Waals surface area contributed by atoms with Crippen LogP contribution >= 0.6 is 0 Å². The van der Waals surface area contributed by atoms with Gasteiger partial charge in [-0.25, -0.2) is 4.79 Å². The van der Waals surface area contributed by atoms with E-state index in [2.05, 4.69) is 6.58 Å². The standard InChI is InChI=1S/C9H16O3/c1-6(2)8(10)5-12-9(11)7(3)4/h6,8,10H,3,5H2,1-2,4H3. The van der Waals surface area contributed by atoms with Gasteiger partial charge in [-0.05, 0) is 12.8 Å². The molecule has 0 saturated carbocycles. The molecule has 3 heteroatoms. The zero-order valence-electron chi connectivity index (χ0n) is 7.83. The summed E-state index contributed by atoms with van der Waals surface area (Å²) < 4.78 is 4.74. The second-order valence-corrected chi connectivity index (χ2v) is 3.19. The molecule has 1 unspecified atom stereocenters. The lowest BCUT2D eigenvalue weighted by Gasteiger charge is -2.14. The summed E-state index contributed by atoms with van der Waals surface area (Å²) in [5, 5.41) is 9.25. The Kier molecular flexibility index (Phi) is 4.59. The Morgan fingerprint density at radius 1 is 1.58 bits per heavy atom. The number of hydrogen-bond acceptors (Lipinski definition) is 3. The highest BCUT2D eigenvalue weighted by Crippen LogP contribution is 2.02. The number of hydrogen-bond donors (Lipinski definition) is 1. The van der Waals surface area contributed by atoms with E-state index in [-0.39, 0.29) is 12.5 Å².